The Hall–Kier alpha value is -4.28. The Morgan fingerprint density at radius 3 is 2.56 bits per heavy atom. The summed E-state index contributed by atoms with van der Waals surface area (Å²) in [6.07, 6.45) is 0. The molecule has 0 aliphatic carbocycles. The van der Waals surface area contributed by atoms with E-state index in [-0.39, 0.29) is 22.6 Å². The molecule has 0 N–H and O–H groups in total. The maximum absolute atomic E-state index is 14.4. The highest BCUT2D eigenvalue weighted by atomic mass is 79.9. The number of thiazole rings is 1. The maximum atomic E-state index is 14.4. The molecule has 0 saturated carbocycles. The van der Waals surface area contributed by atoms with E-state index in [1.165, 1.54) is 9.47 Å². The highest BCUT2D eigenvalue weighted by Crippen LogP contribution is 2.38. The van der Waals surface area contributed by atoms with Crippen molar-refractivity contribution in [2.24, 2.45) is 4.99 Å². The first kappa shape index (κ1) is 26.9. The fourth-order valence-corrected chi connectivity index (χ4v) is 6.68. The number of fused-ring (bicyclic) bond motifs is 2. The molecule has 0 radical (unpaired) electrons. The van der Waals surface area contributed by atoms with Crippen LogP contribution in [0.3, 0.4) is 0 Å². The Balaban J connectivity index is 1.73. The number of hydrogen-bond acceptors (Lipinski definition) is 7. The van der Waals surface area contributed by atoms with Crippen LogP contribution in [-0.2, 0) is 14.3 Å². The topological polar surface area (TPSA) is 90.2 Å². The molecule has 1 aromatic heterocycles. The van der Waals surface area contributed by atoms with Crippen molar-refractivity contribution < 1.29 is 19.1 Å². The van der Waals surface area contributed by atoms with Gasteiger partial charge in [-0.1, -0.05) is 69.7 Å². The van der Waals surface area contributed by atoms with E-state index >= 15 is 0 Å². The van der Waals surface area contributed by atoms with Crippen LogP contribution in [0.25, 0.3) is 11.3 Å². The first-order valence-electron chi connectivity index (χ1n) is 12.9. The maximum Gasteiger partial charge on any atom is 0.338 e. The Bertz CT molecular complexity index is 1940. The van der Waals surface area contributed by atoms with Crippen LogP contribution < -0.4 is 24.5 Å². The molecule has 3 aromatic carbocycles. The van der Waals surface area contributed by atoms with Crippen LogP contribution in [0, 0.1) is 0 Å². The van der Waals surface area contributed by atoms with Gasteiger partial charge in [-0.05, 0) is 42.8 Å². The minimum Gasteiger partial charge on any atom is -0.497 e. The van der Waals surface area contributed by atoms with Gasteiger partial charge in [0.2, 0.25) is 0 Å². The monoisotopic (exact) mass is 629 g/mol. The summed E-state index contributed by atoms with van der Waals surface area (Å²) in [6, 6.07) is 21.2. The van der Waals surface area contributed by atoms with Crippen molar-refractivity contribution in [3.8, 4) is 5.75 Å². The summed E-state index contributed by atoms with van der Waals surface area (Å²) in [4.78, 5) is 48.3. The number of hydrogen-bond donors (Lipinski definition) is 0. The summed E-state index contributed by atoms with van der Waals surface area (Å²) in [5, 5.41) is 0. The lowest BCUT2D eigenvalue weighted by Crippen LogP contribution is -2.40. The van der Waals surface area contributed by atoms with Crippen molar-refractivity contribution in [1.29, 1.82) is 0 Å². The van der Waals surface area contributed by atoms with Gasteiger partial charge in [-0.2, -0.15) is 0 Å². The summed E-state index contributed by atoms with van der Waals surface area (Å²) in [6.45, 7) is 1.88. The number of halogens is 1. The molecule has 0 unspecified atom stereocenters. The number of carbonyl (C=O) groups is 2. The van der Waals surface area contributed by atoms with E-state index in [1.807, 2.05) is 54.6 Å². The molecular weight excluding hydrogens is 606 g/mol. The van der Waals surface area contributed by atoms with Crippen molar-refractivity contribution in [3.05, 3.63) is 119 Å². The molecule has 10 heteroatoms. The molecule has 0 bridgehead atoms. The van der Waals surface area contributed by atoms with Gasteiger partial charge < -0.3 is 14.4 Å². The number of rotatable bonds is 5. The van der Waals surface area contributed by atoms with Gasteiger partial charge in [-0.25, -0.2) is 9.79 Å². The van der Waals surface area contributed by atoms with Gasteiger partial charge in [0.25, 0.3) is 11.5 Å². The molecule has 0 spiro atoms. The largest absolute Gasteiger partial charge is 0.497 e. The zero-order chi connectivity index (χ0) is 28.8. The Labute approximate surface area is 247 Å². The van der Waals surface area contributed by atoms with Crippen molar-refractivity contribution in [2.45, 2.75) is 13.0 Å². The van der Waals surface area contributed by atoms with Crippen molar-refractivity contribution in [1.82, 2.24) is 4.57 Å². The van der Waals surface area contributed by atoms with Gasteiger partial charge in [0, 0.05) is 22.6 Å². The average Bonchev–Trinajstić information content (AvgIpc) is 3.43. The van der Waals surface area contributed by atoms with Crippen molar-refractivity contribution in [3.63, 3.8) is 0 Å². The normalized spacial score (nSPS) is 17.2. The summed E-state index contributed by atoms with van der Waals surface area (Å²) < 4.78 is 13.5. The van der Waals surface area contributed by atoms with E-state index in [2.05, 4.69) is 15.9 Å². The molecule has 2 aliphatic heterocycles. The number of carbonyl (C=O) groups excluding carboxylic acids is 2. The van der Waals surface area contributed by atoms with Gasteiger partial charge in [0.05, 0.1) is 42.3 Å². The van der Waals surface area contributed by atoms with Crippen molar-refractivity contribution in [2.75, 3.05) is 25.7 Å². The highest BCUT2D eigenvalue weighted by Gasteiger charge is 2.37. The molecule has 206 valence electrons. The second-order valence-electron chi connectivity index (χ2n) is 9.43. The van der Waals surface area contributed by atoms with Crippen LogP contribution in [-0.4, -0.2) is 37.2 Å². The fraction of sp³-hybridized carbons (Fsp3) is 0.161. The van der Waals surface area contributed by atoms with Gasteiger partial charge in [-0.15, -0.1) is 0 Å². The van der Waals surface area contributed by atoms with Crippen LogP contribution in [0.1, 0.15) is 29.7 Å². The average molecular weight is 631 g/mol. The van der Waals surface area contributed by atoms with Gasteiger partial charge in [0.1, 0.15) is 10.3 Å². The fourth-order valence-electron chi connectivity index (χ4n) is 5.23. The zero-order valence-corrected chi connectivity index (χ0v) is 24.8. The van der Waals surface area contributed by atoms with Crippen LogP contribution in [0.15, 0.2) is 92.6 Å². The molecule has 41 heavy (non-hydrogen) atoms. The molecule has 0 fully saturated rings. The Kier molecular flexibility index (Phi) is 6.96. The van der Waals surface area contributed by atoms with E-state index in [0.29, 0.717) is 44.2 Å². The Morgan fingerprint density at radius 2 is 1.83 bits per heavy atom. The Morgan fingerprint density at radius 1 is 1.05 bits per heavy atom. The van der Waals surface area contributed by atoms with Gasteiger partial charge in [-0.3, -0.25) is 14.2 Å². The number of aromatic nitrogens is 1. The summed E-state index contributed by atoms with van der Waals surface area (Å²) in [7, 11) is 3.24. The molecule has 4 aromatic rings. The van der Waals surface area contributed by atoms with E-state index in [1.54, 1.807) is 39.3 Å². The quantitative estimate of drug-likeness (QED) is 0.311. The van der Waals surface area contributed by atoms with Gasteiger partial charge >= 0.3 is 5.97 Å². The number of amides is 1. The van der Waals surface area contributed by atoms with Crippen molar-refractivity contribution >= 4 is 56.1 Å². The summed E-state index contributed by atoms with van der Waals surface area (Å²) >= 11 is 4.63. The number of nitrogens with zero attached hydrogens (tertiary/aromatic N) is 3. The van der Waals surface area contributed by atoms with Crippen LogP contribution in [0.4, 0.5) is 5.69 Å². The molecule has 8 nitrogen and oxygen atoms in total. The van der Waals surface area contributed by atoms with Crippen LogP contribution >= 0.6 is 27.3 Å². The second-order valence-corrected chi connectivity index (χ2v) is 11.3. The van der Waals surface area contributed by atoms with E-state index in [0.717, 1.165) is 15.8 Å². The standard InChI is InChI=1S/C31H24BrN3O5S/c1-4-40-30(38)24-25(17-9-6-5-7-10-17)33-31-35(26(24)18-11-8-12-20(15-18)39-3)29(37)27(41-31)23-21-16-19(32)13-14-22(21)34(2)28(23)36/h5-16,26H,4H2,1-3H3/b27-23-/t26-/m0/s1. The summed E-state index contributed by atoms with van der Waals surface area (Å²) in [5.74, 6) is -0.290. The molecule has 1 amide bonds. The minimum absolute atomic E-state index is 0.149. The SMILES string of the molecule is CCOC(=O)C1=C(c2ccccc2)N=c2s/c(=C3\C(=O)N(C)c4ccc(Br)cc43)c(=O)n2[C@H]1c1cccc(OC)c1. The summed E-state index contributed by atoms with van der Waals surface area (Å²) in [5.41, 5.74) is 3.24. The third-order valence-electron chi connectivity index (χ3n) is 7.09. The smallest absolute Gasteiger partial charge is 0.338 e. The predicted octanol–water partition coefficient (Wildman–Crippen LogP) is 4.05. The highest BCUT2D eigenvalue weighted by molar-refractivity contribution is 9.10. The lowest BCUT2D eigenvalue weighted by Gasteiger charge is -2.26. The number of esters is 1. The first-order valence-corrected chi connectivity index (χ1v) is 14.5. The molecule has 3 heterocycles. The molecule has 0 saturated heterocycles. The molecule has 6 rings (SSSR count). The number of likely N-dealkylation sites (N-methyl/N-ethyl adjacent to an activating group) is 1. The zero-order valence-electron chi connectivity index (χ0n) is 22.4. The van der Waals surface area contributed by atoms with Gasteiger partial charge in [0.15, 0.2) is 4.80 Å². The lowest BCUT2D eigenvalue weighted by molar-refractivity contribution is -0.138. The minimum atomic E-state index is -0.874. The number of benzene rings is 3. The number of ether oxygens (including phenoxy) is 2. The number of anilines is 1. The molecule has 2 aliphatic rings. The lowest BCUT2D eigenvalue weighted by atomic mass is 9.93. The van der Waals surface area contributed by atoms with E-state index in [9.17, 15) is 14.4 Å². The first-order chi connectivity index (χ1) is 19.8. The second kappa shape index (κ2) is 10.6. The predicted molar refractivity (Wildman–Crippen MR) is 161 cm³/mol. The molecular formula is C31H24BrN3O5S. The third-order valence-corrected chi connectivity index (χ3v) is 8.64. The number of methoxy groups -OCH3 is 1. The van der Waals surface area contributed by atoms with E-state index in [4.69, 9.17) is 14.5 Å². The van der Waals surface area contributed by atoms with Crippen LogP contribution in [0.5, 0.6) is 5.75 Å². The van der Waals surface area contributed by atoms with E-state index < -0.39 is 17.6 Å². The molecule has 1 atom stereocenters. The third kappa shape index (κ3) is 4.43. The van der Waals surface area contributed by atoms with Crippen LogP contribution in [0.2, 0.25) is 0 Å².